The fraction of sp³-hybridized carbons (Fsp3) is 0.714. The van der Waals surface area contributed by atoms with Crippen molar-refractivity contribution in [2.24, 2.45) is 5.92 Å². The zero-order valence-electron chi connectivity index (χ0n) is 11.7. The monoisotopic (exact) mass is 375 g/mol. The van der Waals surface area contributed by atoms with Crippen LogP contribution in [0, 0.1) is 16.4 Å². The van der Waals surface area contributed by atoms with Crippen LogP contribution in [0.15, 0.2) is 11.1 Å². The van der Waals surface area contributed by atoms with E-state index in [1.807, 2.05) is 6.92 Å². The summed E-state index contributed by atoms with van der Waals surface area (Å²) < 4.78 is 2.43. The molecule has 0 bridgehead atoms. The first-order valence-corrected chi connectivity index (χ1v) is 8.12. The summed E-state index contributed by atoms with van der Waals surface area (Å²) in [5.41, 5.74) is 0.891. The fourth-order valence-corrected chi connectivity index (χ4v) is 3.14. The Bertz CT molecular complexity index is 486. The highest BCUT2D eigenvalue weighted by molar-refractivity contribution is 14.1. The summed E-state index contributed by atoms with van der Waals surface area (Å²) in [4.78, 5) is 16.3. The van der Waals surface area contributed by atoms with E-state index in [1.54, 1.807) is 10.9 Å². The van der Waals surface area contributed by atoms with E-state index in [0.29, 0.717) is 12.6 Å². The molecule has 0 aromatic carbocycles. The molecule has 2 atom stereocenters. The van der Waals surface area contributed by atoms with E-state index in [4.69, 9.17) is 0 Å². The van der Waals surface area contributed by atoms with Gasteiger partial charge in [-0.1, -0.05) is 19.8 Å². The Labute approximate surface area is 128 Å². The summed E-state index contributed by atoms with van der Waals surface area (Å²) in [7, 11) is 0. The van der Waals surface area contributed by atoms with Gasteiger partial charge in [-0.25, -0.2) is 4.98 Å². The predicted octanol–water partition coefficient (Wildman–Crippen LogP) is 2.32. The molecule has 0 spiro atoms. The number of aromatic nitrogens is 2. The van der Waals surface area contributed by atoms with Gasteiger partial charge in [-0.15, -0.1) is 0 Å². The van der Waals surface area contributed by atoms with Crippen molar-refractivity contribution >= 4 is 22.6 Å². The molecular formula is C14H22IN3O. The van der Waals surface area contributed by atoms with Gasteiger partial charge in [-0.3, -0.25) is 9.36 Å². The minimum absolute atomic E-state index is 0.0755. The van der Waals surface area contributed by atoms with Crippen LogP contribution in [-0.2, 0) is 6.54 Å². The quantitative estimate of drug-likeness (QED) is 0.822. The van der Waals surface area contributed by atoms with Crippen molar-refractivity contribution in [2.75, 3.05) is 6.54 Å². The molecule has 4 nitrogen and oxygen atoms in total. The lowest BCUT2D eigenvalue weighted by Crippen LogP contribution is -2.40. The smallest absolute Gasteiger partial charge is 0.267 e. The maximum absolute atomic E-state index is 12.0. The van der Waals surface area contributed by atoms with E-state index in [0.717, 1.165) is 21.7 Å². The van der Waals surface area contributed by atoms with Crippen LogP contribution in [0.25, 0.3) is 0 Å². The van der Waals surface area contributed by atoms with Gasteiger partial charge >= 0.3 is 0 Å². The fourth-order valence-electron chi connectivity index (χ4n) is 2.70. The molecule has 2 unspecified atom stereocenters. The molecule has 0 saturated heterocycles. The van der Waals surface area contributed by atoms with Crippen molar-refractivity contribution < 1.29 is 0 Å². The number of aryl methyl sites for hydroxylation is 1. The summed E-state index contributed by atoms with van der Waals surface area (Å²) in [6.07, 6.45) is 6.93. The number of nitrogens with one attached hydrogen (secondary N) is 1. The van der Waals surface area contributed by atoms with Gasteiger partial charge in [0.05, 0.1) is 15.6 Å². The molecule has 2 rings (SSSR count). The molecule has 1 N–H and O–H groups in total. The highest BCUT2D eigenvalue weighted by atomic mass is 127. The molecule has 0 aliphatic heterocycles. The highest BCUT2D eigenvalue weighted by Gasteiger charge is 2.20. The predicted molar refractivity (Wildman–Crippen MR) is 85.4 cm³/mol. The first-order chi connectivity index (χ1) is 9.09. The van der Waals surface area contributed by atoms with Gasteiger partial charge in [0, 0.05) is 19.1 Å². The second-order valence-corrected chi connectivity index (χ2v) is 6.54. The van der Waals surface area contributed by atoms with Gasteiger partial charge in [0.25, 0.3) is 5.56 Å². The van der Waals surface area contributed by atoms with Crippen molar-refractivity contribution in [1.29, 1.82) is 0 Å². The zero-order chi connectivity index (χ0) is 13.8. The minimum atomic E-state index is 0.0755. The third-order valence-electron chi connectivity index (χ3n) is 4.03. The van der Waals surface area contributed by atoms with Crippen molar-refractivity contribution in [3.63, 3.8) is 0 Å². The van der Waals surface area contributed by atoms with Gasteiger partial charge in [-0.2, -0.15) is 0 Å². The first-order valence-electron chi connectivity index (χ1n) is 7.04. The van der Waals surface area contributed by atoms with E-state index in [-0.39, 0.29) is 5.56 Å². The van der Waals surface area contributed by atoms with Crippen LogP contribution >= 0.6 is 22.6 Å². The molecule has 106 valence electrons. The molecule has 19 heavy (non-hydrogen) atoms. The van der Waals surface area contributed by atoms with E-state index in [2.05, 4.69) is 39.8 Å². The minimum Gasteiger partial charge on any atom is -0.312 e. The van der Waals surface area contributed by atoms with Gasteiger partial charge in [-0.05, 0) is 48.3 Å². The average molecular weight is 375 g/mol. The third-order valence-corrected chi connectivity index (χ3v) is 5.27. The normalized spacial score (nSPS) is 23.5. The summed E-state index contributed by atoms with van der Waals surface area (Å²) in [6, 6.07) is 0.613. The number of hydrogen-bond acceptors (Lipinski definition) is 3. The Kier molecular flexibility index (Phi) is 5.38. The Hall–Kier alpha value is -0.430. The van der Waals surface area contributed by atoms with Crippen molar-refractivity contribution in [2.45, 2.75) is 52.1 Å². The largest absolute Gasteiger partial charge is 0.312 e. The molecule has 1 fully saturated rings. The summed E-state index contributed by atoms with van der Waals surface area (Å²) >= 11 is 2.08. The van der Waals surface area contributed by atoms with Gasteiger partial charge in [0.15, 0.2) is 0 Å². The number of halogens is 1. The number of nitrogens with zero attached hydrogens (tertiary/aromatic N) is 2. The highest BCUT2D eigenvalue weighted by Crippen LogP contribution is 2.23. The Morgan fingerprint density at radius 1 is 1.47 bits per heavy atom. The molecule has 1 aliphatic rings. The van der Waals surface area contributed by atoms with Crippen LogP contribution in [-0.4, -0.2) is 22.1 Å². The zero-order valence-corrected chi connectivity index (χ0v) is 13.8. The Morgan fingerprint density at radius 2 is 2.21 bits per heavy atom. The molecule has 0 amide bonds. The summed E-state index contributed by atoms with van der Waals surface area (Å²) in [5.74, 6) is 0.752. The second kappa shape index (κ2) is 6.83. The van der Waals surface area contributed by atoms with E-state index >= 15 is 0 Å². The van der Waals surface area contributed by atoms with Gasteiger partial charge in [0.1, 0.15) is 0 Å². The van der Waals surface area contributed by atoms with Crippen LogP contribution in [0.5, 0.6) is 0 Å². The van der Waals surface area contributed by atoms with E-state index < -0.39 is 0 Å². The molecule has 5 heteroatoms. The lowest BCUT2D eigenvalue weighted by molar-refractivity contribution is 0.278. The van der Waals surface area contributed by atoms with E-state index in [9.17, 15) is 4.79 Å². The number of hydrogen-bond donors (Lipinski definition) is 1. The van der Waals surface area contributed by atoms with Crippen LogP contribution in [0.1, 0.15) is 38.3 Å². The van der Waals surface area contributed by atoms with Crippen LogP contribution in [0.3, 0.4) is 0 Å². The summed E-state index contributed by atoms with van der Waals surface area (Å²) in [6.45, 7) is 5.73. The average Bonchev–Trinajstić information content (AvgIpc) is 2.41. The van der Waals surface area contributed by atoms with Gasteiger partial charge < -0.3 is 5.32 Å². The van der Waals surface area contributed by atoms with Gasteiger partial charge in [0.2, 0.25) is 0 Å². The lowest BCUT2D eigenvalue weighted by Gasteiger charge is -2.29. The standard InChI is InChI=1S/C14H22IN3O/c1-10-5-3-4-6-12(10)16-7-8-18-9-17-11(2)13(15)14(18)19/h9-10,12,16H,3-8H2,1-2H3. The summed E-state index contributed by atoms with van der Waals surface area (Å²) in [5, 5.41) is 3.59. The maximum atomic E-state index is 12.0. The number of rotatable bonds is 4. The second-order valence-electron chi connectivity index (χ2n) is 5.46. The molecule has 0 radical (unpaired) electrons. The molecule has 1 aliphatic carbocycles. The SMILES string of the molecule is Cc1ncn(CCNC2CCCCC2C)c(=O)c1I. The molecule has 1 saturated carbocycles. The molecule has 1 aromatic rings. The van der Waals surface area contributed by atoms with Crippen LogP contribution < -0.4 is 10.9 Å². The first kappa shape index (κ1) is 15.0. The van der Waals surface area contributed by atoms with Crippen molar-refractivity contribution in [3.8, 4) is 0 Å². The molecule has 1 heterocycles. The van der Waals surface area contributed by atoms with Crippen molar-refractivity contribution in [1.82, 2.24) is 14.9 Å². The van der Waals surface area contributed by atoms with Crippen LogP contribution in [0.4, 0.5) is 0 Å². The Balaban J connectivity index is 1.89. The molecule has 1 aromatic heterocycles. The molecular weight excluding hydrogens is 353 g/mol. The van der Waals surface area contributed by atoms with E-state index in [1.165, 1.54) is 25.7 Å². The third kappa shape index (κ3) is 3.78. The Morgan fingerprint density at radius 3 is 2.95 bits per heavy atom. The lowest BCUT2D eigenvalue weighted by atomic mass is 9.86. The van der Waals surface area contributed by atoms with Crippen LogP contribution in [0.2, 0.25) is 0 Å². The maximum Gasteiger partial charge on any atom is 0.267 e. The van der Waals surface area contributed by atoms with Crippen molar-refractivity contribution in [3.05, 3.63) is 25.9 Å². The topological polar surface area (TPSA) is 46.9 Å².